The predicted molar refractivity (Wildman–Crippen MR) is 32.2 cm³/mol. The van der Waals surface area contributed by atoms with Crippen LogP contribution in [0.4, 0.5) is 4.79 Å². The van der Waals surface area contributed by atoms with Crippen molar-refractivity contribution in [2.24, 2.45) is 0 Å². The van der Waals surface area contributed by atoms with Gasteiger partial charge in [0.15, 0.2) is 0 Å². The number of rotatable bonds is 0. The first kappa shape index (κ1) is 5.88. The third-order valence-corrected chi connectivity index (χ3v) is 0.990. The molecular weight excluding hydrogens is 118 g/mol. The fourth-order valence-corrected chi connectivity index (χ4v) is 0.562. The van der Waals surface area contributed by atoms with E-state index in [0.717, 1.165) is 0 Å². The highest BCUT2D eigenvalue weighted by molar-refractivity contribution is 5.70. The first-order chi connectivity index (χ1) is 4.34. The van der Waals surface area contributed by atoms with Gasteiger partial charge in [0, 0.05) is 12.4 Å². The molecule has 0 saturated carbocycles. The van der Waals surface area contributed by atoms with Gasteiger partial charge in [-0.25, -0.2) is 4.79 Å². The molecule has 0 atom stereocenters. The lowest BCUT2D eigenvalue weighted by atomic mass is 10.7. The molecule has 0 N–H and O–H groups in total. The van der Waals surface area contributed by atoms with E-state index in [0.29, 0.717) is 0 Å². The fourth-order valence-electron chi connectivity index (χ4n) is 0.562. The molecule has 48 valence electrons. The maximum Gasteiger partial charge on any atom is 0.417 e. The molecule has 3 heteroatoms. The van der Waals surface area contributed by atoms with Gasteiger partial charge in [-0.1, -0.05) is 0 Å². The average molecular weight is 125 g/mol. The Labute approximate surface area is 52.9 Å². The molecule has 1 heterocycles. The quantitative estimate of drug-likeness (QED) is 0.520. The number of hydrogen-bond donors (Lipinski definition) is 0. The second-order valence-electron chi connectivity index (χ2n) is 1.56. The van der Waals surface area contributed by atoms with E-state index in [1.165, 1.54) is 11.7 Å². The molecule has 0 amide bonds. The van der Waals surface area contributed by atoms with E-state index >= 15 is 0 Å². The molecule has 0 saturated heterocycles. The van der Waals surface area contributed by atoms with Crippen LogP contribution in [0.5, 0.6) is 0 Å². The maximum absolute atomic E-state index is 10.6. The van der Waals surface area contributed by atoms with E-state index in [1.54, 1.807) is 24.5 Å². The van der Waals surface area contributed by atoms with Crippen LogP contribution in [0.25, 0.3) is 0 Å². The summed E-state index contributed by atoms with van der Waals surface area (Å²) in [6.45, 7) is 0. The zero-order valence-corrected chi connectivity index (χ0v) is 5.07. The molecule has 0 aromatic carbocycles. The van der Waals surface area contributed by atoms with Gasteiger partial charge in [-0.05, 0) is 12.1 Å². The molecule has 0 aliphatic rings. The summed E-state index contributed by atoms with van der Waals surface area (Å²) in [5.74, 6) is 0. The van der Waals surface area contributed by atoms with E-state index < -0.39 is 0 Å². The largest absolute Gasteiger partial charge is 0.452 e. The van der Waals surface area contributed by atoms with Crippen molar-refractivity contribution in [2.45, 2.75) is 0 Å². The zero-order chi connectivity index (χ0) is 6.69. The van der Waals surface area contributed by atoms with Crippen molar-refractivity contribution in [1.82, 2.24) is 4.57 Å². The molecule has 0 fully saturated rings. The van der Waals surface area contributed by atoms with Crippen LogP contribution in [0.2, 0.25) is 0 Å². The summed E-state index contributed by atoms with van der Waals surface area (Å²) in [5, 5.41) is 0. The molecule has 1 aromatic heterocycles. The van der Waals surface area contributed by atoms with Crippen LogP contribution in [-0.2, 0) is 4.74 Å². The standard InChI is InChI=1S/C6H7NO2/c1-9-6(8)7-4-2-3-5-7/h2-5H,1H3. The summed E-state index contributed by atoms with van der Waals surface area (Å²) in [7, 11) is 1.35. The van der Waals surface area contributed by atoms with Gasteiger partial charge in [-0.15, -0.1) is 0 Å². The van der Waals surface area contributed by atoms with Crippen molar-refractivity contribution in [3.8, 4) is 0 Å². The molecule has 1 aromatic rings. The Bertz CT molecular complexity index is 191. The normalized spacial score (nSPS) is 9.00. The minimum Gasteiger partial charge on any atom is -0.452 e. The highest BCUT2D eigenvalue weighted by Gasteiger charge is 1.97. The molecule has 3 nitrogen and oxygen atoms in total. The molecule has 9 heavy (non-hydrogen) atoms. The number of carbonyl (C=O) groups is 1. The summed E-state index contributed by atoms with van der Waals surface area (Å²) in [4.78, 5) is 10.6. The maximum atomic E-state index is 10.6. The fraction of sp³-hybridized carbons (Fsp3) is 0.167. The predicted octanol–water partition coefficient (Wildman–Crippen LogP) is 1.10. The van der Waals surface area contributed by atoms with Crippen LogP contribution in [0.3, 0.4) is 0 Å². The third-order valence-electron chi connectivity index (χ3n) is 0.990. The lowest BCUT2D eigenvalue weighted by Gasteiger charge is -1.95. The lowest BCUT2D eigenvalue weighted by molar-refractivity contribution is 0.173. The molecule has 1 rings (SSSR count). The van der Waals surface area contributed by atoms with E-state index in [9.17, 15) is 4.79 Å². The second-order valence-corrected chi connectivity index (χ2v) is 1.56. The molecule has 0 radical (unpaired) electrons. The molecule has 0 spiro atoms. The van der Waals surface area contributed by atoms with Gasteiger partial charge in [0.2, 0.25) is 0 Å². The average Bonchev–Trinajstić information content (AvgIpc) is 2.37. The molecular formula is C6H7NO2. The summed E-state index contributed by atoms with van der Waals surface area (Å²) in [5.41, 5.74) is 0. The number of methoxy groups -OCH3 is 1. The molecule has 0 aliphatic carbocycles. The summed E-state index contributed by atoms with van der Waals surface area (Å²) < 4.78 is 5.78. The van der Waals surface area contributed by atoms with Crippen LogP contribution in [0.1, 0.15) is 0 Å². The second kappa shape index (κ2) is 2.35. The summed E-state index contributed by atoms with van der Waals surface area (Å²) in [6, 6.07) is 3.52. The number of carbonyl (C=O) groups excluding carboxylic acids is 1. The Morgan fingerprint density at radius 3 is 2.44 bits per heavy atom. The minimum atomic E-state index is -0.361. The van der Waals surface area contributed by atoms with Crippen molar-refractivity contribution in [3.05, 3.63) is 24.5 Å². The Hall–Kier alpha value is -1.25. The molecule has 0 unspecified atom stereocenters. The van der Waals surface area contributed by atoms with Gasteiger partial charge >= 0.3 is 6.09 Å². The smallest absolute Gasteiger partial charge is 0.417 e. The molecule has 0 bridgehead atoms. The van der Waals surface area contributed by atoms with Crippen molar-refractivity contribution >= 4 is 6.09 Å². The van der Waals surface area contributed by atoms with Crippen molar-refractivity contribution in [1.29, 1.82) is 0 Å². The van der Waals surface area contributed by atoms with Crippen LogP contribution < -0.4 is 0 Å². The summed E-state index contributed by atoms with van der Waals surface area (Å²) >= 11 is 0. The Morgan fingerprint density at radius 2 is 2.00 bits per heavy atom. The van der Waals surface area contributed by atoms with E-state index in [-0.39, 0.29) is 6.09 Å². The van der Waals surface area contributed by atoms with Crippen LogP contribution in [-0.4, -0.2) is 17.8 Å². The first-order valence-electron chi connectivity index (χ1n) is 2.56. The third kappa shape index (κ3) is 1.10. The SMILES string of the molecule is COC(=O)n1cccc1. The highest BCUT2D eigenvalue weighted by atomic mass is 16.5. The number of nitrogens with zero attached hydrogens (tertiary/aromatic N) is 1. The van der Waals surface area contributed by atoms with Crippen LogP contribution >= 0.6 is 0 Å². The van der Waals surface area contributed by atoms with Gasteiger partial charge in [-0.2, -0.15) is 0 Å². The minimum absolute atomic E-state index is 0.361. The van der Waals surface area contributed by atoms with Crippen molar-refractivity contribution in [3.63, 3.8) is 0 Å². The lowest BCUT2D eigenvalue weighted by Crippen LogP contribution is -2.07. The topological polar surface area (TPSA) is 31.2 Å². The Balaban J connectivity index is 2.77. The number of ether oxygens (including phenoxy) is 1. The number of hydrogen-bond acceptors (Lipinski definition) is 2. The van der Waals surface area contributed by atoms with Gasteiger partial charge in [0.25, 0.3) is 0 Å². The Morgan fingerprint density at radius 1 is 1.44 bits per heavy atom. The Kier molecular flexibility index (Phi) is 1.53. The van der Waals surface area contributed by atoms with Crippen molar-refractivity contribution < 1.29 is 9.53 Å². The van der Waals surface area contributed by atoms with Gasteiger partial charge < -0.3 is 4.74 Å². The first-order valence-corrected chi connectivity index (χ1v) is 2.56. The highest BCUT2D eigenvalue weighted by Crippen LogP contribution is 1.89. The zero-order valence-electron chi connectivity index (χ0n) is 5.07. The monoisotopic (exact) mass is 125 g/mol. The molecule has 0 aliphatic heterocycles. The van der Waals surface area contributed by atoms with Crippen LogP contribution in [0, 0.1) is 0 Å². The van der Waals surface area contributed by atoms with E-state index in [1.807, 2.05) is 0 Å². The van der Waals surface area contributed by atoms with E-state index in [2.05, 4.69) is 4.74 Å². The summed E-state index contributed by atoms with van der Waals surface area (Å²) in [6.07, 6.45) is 2.90. The van der Waals surface area contributed by atoms with Gasteiger partial charge in [0.1, 0.15) is 0 Å². The van der Waals surface area contributed by atoms with Gasteiger partial charge in [0.05, 0.1) is 7.11 Å². The van der Waals surface area contributed by atoms with E-state index in [4.69, 9.17) is 0 Å². The van der Waals surface area contributed by atoms with Crippen molar-refractivity contribution in [2.75, 3.05) is 7.11 Å². The van der Waals surface area contributed by atoms with Gasteiger partial charge in [-0.3, -0.25) is 4.57 Å². The number of aromatic nitrogens is 1. The van der Waals surface area contributed by atoms with Crippen LogP contribution in [0.15, 0.2) is 24.5 Å².